The zero-order valence-electron chi connectivity index (χ0n) is 19.0. The van der Waals surface area contributed by atoms with Gasteiger partial charge >= 0.3 is 0 Å². The van der Waals surface area contributed by atoms with Gasteiger partial charge in [-0.25, -0.2) is 0 Å². The molecular weight excluding hydrogens is 402 g/mol. The van der Waals surface area contributed by atoms with E-state index in [1.165, 1.54) is 47.6 Å². The van der Waals surface area contributed by atoms with Crippen LogP contribution in [0.25, 0.3) is 5.69 Å². The molecule has 3 aromatic carbocycles. The molecule has 2 aliphatic heterocycles. The number of piperidine rings is 1. The van der Waals surface area contributed by atoms with Crippen molar-refractivity contribution >= 4 is 5.69 Å². The van der Waals surface area contributed by atoms with E-state index in [2.05, 4.69) is 118 Å². The zero-order chi connectivity index (χ0) is 22.1. The van der Waals surface area contributed by atoms with Gasteiger partial charge in [-0.05, 0) is 67.7 Å². The molecule has 3 heterocycles. The van der Waals surface area contributed by atoms with Crippen LogP contribution in [-0.4, -0.2) is 29.1 Å². The monoisotopic (exact) mass is 433 g/mol. The number of hydrogen-bond donors (Lipinski definition) is 1. The summed E-state index contributed by atoms with van der Waals surface area (Å²) in [6, 6.07) is 35.2. The summed E-state index contributed by atoms with van der Waals surface area (Å²) in [5.41, 5.74) is 6.70. The van der Waals surface area contributed by atoms with Gasteiger partial charge in [0.15, 0.2) is 0 Å². The Balaban J connectivity index is 1.25. The van der Waals surface area contributed by atoms with Gasteiger partial charge in [0.05, 0.1) is 16.9 Å². The number of benzene rings is 3. The molecule has 4 aromatic rings. The van der Waals surface area contributed by atoms with E-state index in [9.17, 15) is 0 Å². The standard InChI is InChI=1S/C30H31N3/c1-3-11-24(12-4-1)26(25-13-5-2-6-14-25)18-22-32-20-10-19-30(23-32)29-17-9-21-33(29)28-16-8-7-15-27(28)31-30/h1-9,11-17,21,26,31H,10,18-20,22-23H2/t30-/m0/s1. The van der Waals surface area contributed by atoms with Gasteiger partial charge in [-0.15, -0.1) is 0 Å². The molecule has 0 saturated carbocycles. The molecule has 6 rings (SSSR count). The highest BCUT2D eigenvalue weighted by Gasteiger charge is 2.42. The second kappa shape index (κ2) is 8.57. The Labute approximate surface area is 196 Å². The van der Waals surface area contributed by atoms with Crippen LogP contribution in [0.3, 0.4) is 0 Å². The van der Waals surface area contributed by atoms with Crippen LogP contribution in [0.4, 0.5) is 5.69 Å². The summed E-state index contributed by atoms with van der Waals surface area (Å²) in [5.74, 6) is 0.425. The van der Waals surface area contributed by atoms with Crippen LogP contribution < -0.4 is 5.32 Å². The molecule has 0 amide bonds. The first-order chi connectivity index (χ1) is 16.3. The first kappa shape index (κ1) is 20.3. The van der Waals surface area contributed by atoms with E-state index >= 15 is 0 Å². The Morgan fingerprint density at radius 3 is 2.24 bits per heavy atom. The zero-order valence-corrected chi connectivity index (χ0v) is 19.0. The Morgan fingerprint density at radius 1 is 0.788 bits per heavy atom. The molecule has 1 atom stereocenters. The van der Waals surface area contributed by atoms with E-state index in [0.717, 1.165) is 19.5 Å². The minimum atomic E-state index is -0.0227. The molecule has 3 nitrogen and oxygen atoms in total. The maximum Gasteiger partial charge on any atom is 0.0908 e. The van der Waals surface area contributed by atoms with Crippen molar-refractivity contribution in [3.8, 4) is 5.69 Å². The lowest BCUT2D eigenvalue weighted by Gasteiger charge is -2.47. The third-order valence-corrected chi connectivity index (χ3v) is 7.49. The molecule has 0 unspecified atom stereocenters. The van der Waals surface area contributed by atoms with Crippen molar-refractivity contribution in [2.75, 3.05) is 25.0 Å². The van der Waals surface area contributed by atoms with Crippen LogP contribution in [0.2, 0.25) is 0 Å². The van der Waals surface area contributed by atoms with Gasteiger partial charge in [-0.1, -0.05) is 72.8 Å². The van der Waals surface area contributed by atoms with Crippen molar-refractivity contribution in [3.63, 3.8) is 0 Å². The van der Waals surface area contributed by atoms with Crippen LogP contribution in [0, 0.1) is 0 Å². The largest absolute Gasteiger partial charge is 0.371 e. The lowest BCUT2D eigenvalue weighted by Crippen LogP contribution is -2.53. The van der Waals surface area contributed by atoms with Crippen molar-refractivity contribution in [1.29, 1.82) is 0 Å². The number of nitrogens with zero attached hydrogens (tertiary/aromatic N) is 2. The number of nitrogens with one attached hydrogen (secondary N) is 1. The smallest absolute Gasteiger partial charge is 0.0908 e. The van der Waals surface area contributed by atoms with Gasteiger partial charge in [0.25, 0.3) is 0 Å². The topological polar surface area (TPSA) is 20.2 Å². The molecule has 166 valence electrons. The number of rotatable bonds is 5. The summed E-state index contributed by atoms with van der Waals surface area (Å²) >= 11 is 0. The molecule has 0 bridgehead atoms. The fourth-order valence-corrected chi connectivity index (χ4v) is 5.95. The van der Waals surface area contributed by atoms with E-state index in [-0.39, 0.29) is 5.54 Å². The van der Waals surface area contributed by atoms with E-state index < -0.39 is 0 Å². The molecule has 0 radical (unpaired) electrons. The van der Waals surface area contributed by atoms with E-state index in [4.69, 9.17) is 0 Å². The van der Waals surface area contributed by atoms with Crippen LogP contribution in [0.1, 0.15) is 42.0 Å². The number of anilines is 1. The Bertz CT molecular complexity index is 1170. The van der Waals surface area contributed by atoms with Crippen LogP contribution in [0.5, 0.6) is 0 Å². The van der Waals surface area contributed by atoms with E-state index in [0.29, 0.717) is 5.92 Å². The van der Waals surface area contributed by atoms with Crippen molar-refractivity contribution < 1.29 is 0 Å². The minimum Gasteiger partial charge on any atom is -0.371 e. The SMILES string of the molecule is c1ccc(C(CCN2CCC[C@@]3(C2)Nc2ccccc2-n2cccc23)c2ccccc2)cc1. The highest BCUT2D eigenvalue weighted by atomic mass is 15.2. The summed E-state index contributed by atoms with van der Waals surface area (Å²) in [4.78, 5) is 2.68. The number of hydrogen-bond acceptors (Lipinski definition) is 2. The van der Waals surface area contributed by atoms with Gasteiger partial charge in [-0.3, -0.25) is 0 Å². The van der Waals surface area contributed by atoms with Crippen LogP contribution in [0.15, 0.2) is 103 Å². The average molecular weight is 434 g/mol. The summed E-state index contributed by atoms with van der Waals surface area (Å²) in [7, 11) is 0. The minimum absolute atomic E-state index is 0.0227. The highest BCUT2D eigenvalue weighted by molar-refractivity contribution is 5.67. The molecular formula is C30H31N3. The molecule has 1 spiro atoms. The van der Waals surface area contributed by atoms with Crippen LogP contribution in [-0.2, 0) is 5.54 Å². The quantitative estimate of drug-likeness (QED) is 0.392. The van der Waals surface area contributed by atoms with E-state index in [1.807, 2.05) is 0 Å². The fraction of sp³-hybridized carbons (Fsp3) is 0.267. The molecule has 1 N–H and O–H groups in total. The maximum atomic E-state index is 3.97. The third kappa shape index (κ3) is 3.77. The number of aromatic nitrogens is 1. The summed E-state index contributed by atoms with van der Waals surface area (Å²) < 4.78 is 2.39. The Hall–Kier alpha value is -3.30. The Morgan fingerprint density at radius 2 is 1.48 bits per heavy atom. The highest BCUT2D eigenvalue weighted by Crippen LogP contribution is 2.42. The summed E-state index contributed by atoms with van der Waals surface area (Å²) in [6.07, 6.45) is 5.72. The van der Waals surface area contributed by atoms with Gasteiger partial charge in [0, 0.05) is 24.4 Å². The average Bonchev–Trinajstić information content (AvgIpc) is 3.38. The van der Waals surface area contributed by atoms with Crippen molar-refractivity contribution in [2.45, 2.75) is 30.7 Å². The summed E-state index contributed by atoms with van der Waals surface area (Å²) in [5, 5.41) is 3.97. The Kier molecular flexibility index (Phi) is 5.27. The van der Waals surface area contributed by atoms with Gasteiger partial charge in [0.2, 0.25) is 0 Å². The molecule has 1 saturated heterocycles. The first-order valence-corrected chi connectivity index (χ1v) is 12.2. The first-order valence-electron chi connectivity index (χ1n) is 12.2. The molecule has 1 fully saturated rings. The number of fused-ring (bicyclic) bond motifs is 4. The van der Waals surface area contributed by atoms with Crippen molar-refractivity contribution in [1.82, 2.24) is 9.47 Å². The third-order valence-electron chi connectivity index (χ3n) is 7.49. The van der Waals surface area contributed by atoms with Gasteiger partial charge in [-0.2, -0.15) is 0 Å². The van der Waals surface area contributed by atoms with Crippen molar-refractivity contribution in [2.24, 2.45) is 0 Å². The second-order valence-electron chi connectivity index (χ2n) is 9.53. The maximum absolute atomic E-state index is 3.97. The molecule has 1 aromatic heterocycles. The van der Waals surface area contributed by atoms with E-state index in [1.54, 1.807) is 0 Å². The lowest BCUT2D eigenvalue weighted by atomic mass is 9.83. The van der Waals surface area contributed by atoms with Gasteiger partial charge in [0.1, 0.15) is 0 Å². The van der Waals surface area contributed by atoms with Crippen molar-refractivity contribution in [3.05, 3.63) is 120 Å². The fourth-order valence-electron chi connectivity index (χ4n) is 5.95. The molecule has 3 heteroatoms. The lowest BCUT2D eigenvalue weighted by molar-refractivity contribution is 0.153. The predicted octanol–water partition coefficient (Wildman–Crippen LogP) is 6.42. The number of likely N-dealkylation sites (tertiary alicyclic amines) is 1. The van der Waals surface area contributed by atoms with Gasteiger partial charge < -0.3 is 14.8 Å². The summed E-state index contributed by atoms with van der Waals surface area (Å²) in [6.45, 7) is 3.31. The second-order valence-corrected chi connectivity index (χ2v) is 9.53. The molecule has 33 heavy (non-hydrogen) atoms. The normalized spacial score (nSPS) is 19.8. The molecule has 2 aliphatic rings. The van der Waals surface area contributed by atoms with Crippen LogP contribution >= 0.6 is 0 Å². The molecule has 0 aliphatic carbocycles. The number of para-hydroxylation sites is 2. The predicted molar refractivity (Wildman–Crippen MR) is 136 cm³/mol.